The Balaban J connectivity index is 1.58. The van der Waals surface area contributed by atoms with Gasteiger partial charge in [-0.2, -0.15) is 0 Å². The number of hydrogen-bond donors (Lipinski definition) is 1. The topological polar surface area (TPSA) is 65.0 Å². The van der Waals surface area contributed by atoms with Gasteiger partial charge in [0, 0.05) is 59.5 Å². The normalized spacial score (nSPS) is 14.8. The van der Waals surface area contributed by atoms with E-state index in [1.165, 1.54) is 12.1 Å². The molecule has 1 N–H and O–H groups in total. The van der Waals surface area contributed by atoms with E-state index in [-0.39, 0.29) is 5.82 Å². The maximum absolute atomic E-state index is 13.5. The number of ether oxygens (including phenoxy) is 2. The standard InChI is InChI=1S/C26H23FN4O2/c1-32-24-7-2-17(14-28-24)25-21-13-23-18(15-29-31(23)20-5-3-19(27)4-6-20)12-22(21)30-26(25)16-8-10-33-11-9-16/h2-7,12-16,29H,8-11H2,1H3. The van der Waals surface area contributed by atoms with Gasteiger partial charge in [0.15, 0.2) is 0 Å². The number of H-pyrrole nitrogens is 1. The first-order valence-electron chi connectivity index (χ1n) is 11.1. The number of methoxy groups -OCH3 is 1. The average molecular weight is 442 g/mol. The Labute approximate surface area is 190 Å². The molecule has 1 aliphatic rings. The molecule has 166 valence electrons. The molecule has 0 unspecified atom stereocenters. The molecule has 0 aliphatic carbocycles. The number of nitrogens with one attached hydrogen (secondary N) is 1. The van der Waals surface area contributed by atoms with Crippen molar-refractivity contribution >= 4 is 21.8 Å². The van der Waals surface area contributed by atoms with Gasteiger partial charge in [-0.15, -0.1) is 0 Å². The quantitative estimate of drug-likeness (QED) is 0.393. The van der Waals surface area contributed by atoms with Gasteiger partial charge in [0.2, 0.25) is 5.88 Å². The van der Waals surface area contributed by atoms with Crippen LogP contribution < -0.4 is 4.74 Å². The third-order valence-corrected chi connectivity index (χ3v) is 6.43. The van der Waals surface area contributed by atoms with Crippen LogP contribution in [0.25, 0.3) is 38.6 Å². The molecule has 1 fully saturated rings. The zero-order valence-corrected chi connectivity index (χ0v) is 18.2. The second-order valence-electron chi connectivity index (χ2n) is 8.36. The van der Waals surface area contributed by atoms with Crippen LogP contribution in [-0.2, 0) is 4.74 Å². The molecule has 4 heterocycles. The van der Waals surface area contributed by atoms with Gasteiger partial charge in [-0.25, -0.2) is 9.37 Å². The van der Waals surface area contributed by atoms with Crippen molar-refractivity contribution in [3.63, 3.8) is 0 Å². The van der Waals surface area contributed by atoms with Gasteiger partial charge in [-0.3, -0.25) is 9.67 Å². The van der Waals surface area contributed by atoms with E-state index in [0.717, 1.165) is 70.4 Å². The SMILES string of the molecule is COc1ccc(-c2c(C3CCOCC3)nc3cc4c[nH]n(-c5ccc(F)cc5)c4cc23)cn1. The molecule has 0 bridgehead atoms. The predicted octanol–water partition coefficient (Wildman–Crippen LogP) is 5.61. The minimum Gasteiger partial charge on any atom is -0.481 e. The second-order valence-corrected chi connectivity index (χ2v) is 8.36. The van der Waals surface area contributed by atoms with E-state index in [9.17, 15) is 4.39 Å². The van der Waals surface area contributed by atoms with E-state index in [0.29, 0.717) is 11.8 Å². The van der Waals surface area contributed by atoms with Gasteiger partial charge in [0.25, 0.3) is 0 Å². The predicted molar refractivity (Wildman–Crippen MR) is 125 cm³/mol. The van der Waals surface area contributed by atoms with Crippen LogP contribution in [0.5, 0.6) is 5.88 Å². The molecule has 0 atom stereocenters. The molecule has 6 rings (SSSR count). The summed E-state index contributed by atoms with van der Waals surface area (Å²) in [7, 11) is 1.62. The van der Waals surface area contributed by atoms with Gasteiger partial charge in [-0.05, 0) is 55.3 Å². The van der Waals surface area contributed by atoms with Gasteiger partial charge < -0.3 is 14.6 Å². The van der Waals surface area contributed by atoms with E-state index in [2.05, 4.69) is 22.2 Å². The number of pyridine rings is 1. The lowest BCUT2D eigenvalue weighted by molar-refractivity contribution is 0.0847. The van der Waals surface area contributed by atoms with Crippen LogP contribution >= 0.6 is 0 Å². The van der Waals surface area contributed by atoms with Crippen LogP contribution in [0.3, 0.4) is 0 Å². The molecule has 0 spiro atoms. The number of hydrogen-bond acceptors (Lipinski definition) is 4. The molecular formula is C26H23FN4O2. The van der Waals surface area contributed by atoms with Crippen LogP contribution in [0.15, 0.2) is 60.9 Å². The van der Waals surface area contributed by atoms with Crippen LogP contribution in [0.1, 0.15) is 24.5 Å². The van der Waals surface area contributed by atoms with E-state index >= 15 is 0 Å². The van der Waals surface area contributed by atoms with Gasteiger partial charge >= 0.3 is 0 Å². The largest absolute Gasteiger partial charge is 0.481 e. The Hall–Kier alpha value is -3.71. The van der Waals surface area contributed by atoms with Crippen molar-refractivity contribution in [3.8, 4) is 22.7 Å². The highest BCUT2D eigenvalue weighted by molar-refractivity contribution is 6.04. The summed E-state index contributed by atoms with van der Waals surface area (Å²) in [6.45, 7) is 1.50. The molecule has 1 saturated heterocycles. The van der Waals surface area contributed by atoms with Crippen LogP contribution in [0.2, 0.25) is 0 Å². The fourth-order valence-corrected chi connectivity index (χ4v) is 4.74. The molecule has 0 saturated carbocycles. The van der Waals surface area contributed by atoms with Gasteiger partial charge in [0.05, 0.1) is 29.5 Å². The van der Waals surface area contributed by atoms with E-state index < -0.39 is 0 Å². The van der Waals surface area contributed by atoms with Crippen molar-refractivity contribution in [2.75, 3.05) is 20.3 Å². The van der Waals surface area contributed by atoms with Crippen LogP contribution in [-0.4, -0.2) is 40.1 Å². The average Bonchev–Trinajstić information content (AvgIpc) is 3.45. The molecule has 6 nitrogen and oxygen atoms in total. The van der Waals surface area contributed by atoms with Crippen molar-refractivity contribution in [2.24, 2.45) is 0 Å². The minimum absolute atomic E-state index is 0.256. The highest BCUT2D eigenvalue weighted by Crippen LogP contribution is 2.41. The number of benzene rings is 2. The Morgan fingerprint density at radius 3 is 2.64 bits per heavy atom. The number of rotatable bonds is 4. The summed E-state index contributed by atoms with van der Waals surface area (Å²) in [4.78, 5) is 9.56. The lowest BCUT2D eigenvalue weighted by atomic mass is 9.90. The third kappa shape index (κ3) is 3.45. The van der Waals surface area contributed by atoms with Crippen molar-refractivity contribution in [3.05, 3.63) is 72.4 Å². The molecule has 33 heavy (non-hydrogen) atoms. The summed E-state index contributed by atoms with van der Waals surface area (Å²) in [5.41, 5.74) is 6.06. The van der Waals surface area contributed by atoms with Crippen molar-refractivity contribution < 1.29 is 13.9 Å². The van der Waals surface area contributed by atoms with E-state index in [1.54, 1.807) is 19.2 Å². The van der Waals surface area contributed by atoms with Crippen molar-refractivity contribution in [1.82, 2.24) is 19.7 Å². The molecule has 7 heteroatoms. The Morgan fingerprint density at radius 1 is 1.09 bits per heavy atom. The Kier molecular flexibility index (Phi) is 4.84. The second kappa shape index (κ2) is 8.01. The Bertz CT molecular complexity index is 1430. The highest BCUT2D eigenvalue weighted by atomic mass is 19.1. The summed E-state index contributed by atoms with van der Waals surface area (Å²) in [6.07, 6.45) is 5.72. The maximum atomic E-state index is 13.5. The fourth-order valence-electron chi connectivity index (χ4n) is 4.74. The molecular weight excluding hydrogens is 419 g/mol. The van der Waals surface area contributed by atoms with Crippen LogP contribution in [0.4, 0.5) is 4.39 Å². The van der Waals surface area contributed by atoms with Crippen molar-refractivity contribution in [1.29, 1.82) is 0 Å². The summed E-state index contributed by atoms with van der Waals surface area (Å²) in [5.74, 6) is 0.666. The zero-order valence-electron chi connectivity index (χ0n) is 18.2. The summed E-state index contributed by atoms with van der Waals surface area (Å²) < 4.78 is 26.3. The van der Waals surface area contributed by atoms with Crippen molar-refractivity contribution in [2.45, 2.75) is 18.8 Å². The summed E-state index contributed by atoms with van der Waals surface area (Å²) in [5, 5.41) is 5.41. The first-order chi connectivity index (χ1) is 16.2. The minimum atomic E-state index is -0.256. The number of fused-ring (bicyclic) bond motifs is 2. The monoisotopic (exact) mass is 442 g/mol. The summed E-state index contributed by atoms with van der Waals surface area (Å²) >= 11 is 0. The highest BCUT2D eigenvalue weighted by Gasteiger charge is 2.25. The zero-order chi connectivity index (χ0) is 22.4. The number of nitrogens with zero attached hydrogens (tertiary/aromatic N) is 3. The molecule has 1 aliphatic heterocycles. The smallest absolute Gasteiger partial charge is 0.212 e. The maximum Gasteiger partial charge on any atom is 0.212 e. The molecule has 2 aromatic carbocycles. The lowest BCUT2D eigenvalue weighted by Gasteiger charge is -2.22. The molecule has 3 aromatic heterocycles. The van der Waals surface area contributed by atoms with E-state index in [4.69, 9.17) is 14.5 Å². The first-order valence-corrected chi connectivity index (χ1v) is 11.1. The number of aromatic amines is 1. The lowest BCUT2D eigenvalue weighted by Crippen LogP contribution is -2.15. The molecule has 5 aromatic rings. The number of aromatic nitrogens is 4. The molecule has 0 radical (unpaired) electrons. The molecule has 0 amide bonds. The summed E-state index contributed by atoms with van der Waals surface area (Å²) in [6, 6.07) is 14.7. The van der Waals surface area contributed by atoms with Gasteiger partial charge in [0.1, 0.15) is 5.82 Å². The Morgan fingerprint density at radius 2 is 1.91 bits per heavy atom. The van der Waals surface area contributed by atoms with Crippen LogP contribution in [0, 0.1) is 5.82 Å². The number of halogens is 1. The first kappa shape index (κ1) is 19.9. The third-order valence-electron chi connectivity index (χ3n) is 6.43. The van der Waals surface area contributed by atoms with Gasteiger partial charge in [-0.1, -0.05) is 0 Å². The fraction of sp³-hybridized carbons (Fsp3) is 0.231. The van der Waals surface area contributed by atoms with E-state index in [1.807, 2.05) is 29.2 Å².